The van der Waals surface area contributed by atoms with E-state index in [9.17, 15) is 0 Å². The van der Waals surface area contributed by atoms with Crippen LogP contribution in [0.3, 0.4) is 0 Å². The third-order valence-electron chi connectivity index (χ3n) is 3.21. The van der Waals surface area contributed by atoms with E-state index >= 15 is 0 Å². The smallest absolute Gasteiger partial charge is 0.0894 e. The van der Waals surface area contributed by atoms with Crippen molar-refractivity contribution in [1.82, 2.24) is 9.78 Å². The topological polar surface area (TPSA) is 29.9 Å². The van der Waals surface area contributed by atoms with Crippen molar-refractivity contribution in [2.45, 2.75) is 6.54 Å². The minimum atomic E-state index is 0.642. The van der Waals surface area contributed by atoms with E-state index in [2.05, 4.69) is 38.5 Å². The van der Waals surface area contributed by atoms with Gasteiger partial charge in [-0.2, -0.15) is 5.10 Å². The highest BCUT2D eigenvalue weighted by molar-refractivity contribution is 9.10. The fourth-order valence-corrected chi connectivity index (χ4v) is 2.97. The van der Waals surface area contributed by atoms with Gasteiger partial charge in [0.25, 0.3) is 0 Å². The number of nitrogens with zero attached hydrogens (tertiary/aromatic N) is 2. The first kappa shape index (κ1) is 13.5. The molecule has 0 radical (unpaired) electrons. The number of para-hydroxylation sites is 1. The van der Waals surface area contributed by atoms with Gasteiger partial charge in [0, 0.05) is 16.9 Å². The lowest BCUT2D eigenvalue weighted by Crippen LogP contribution is -2.01. The fourth-order valence-electron chi connectivity index (χ4n) is 2.23. The lowest BCUT2D eigenvalue weighted by Gasteiger charge is -2.07. The summed E-state index contributed by atoms with van der Waals surface area (Å²) in [6, 6.07) is 14.0. The summed E-state index contributed by atoms with van der Waals surface area (Å²) in [5.74, 6) is 0. The van der Waals surface area contributed by atoms with Gasteiger partial charge in [0.1, 0.15) is 0 Å². The average molecular weight is 351 g/mol. The van der Waals surface area contributed by atoms with Crippen LogP contribution in [0.15, 0.2) is 46.9 Å². The third kappa shape index (κ3) is 2.53. The van der Waals surface area contributed by atoms with E-state index in [4.69, 9.17) is 11.6 Å². The standard InChI is InChI=1S/C15H13BrClN3/c1-20-15-5-3-2-4-11(15)14(19-20)9-18-13-7-6-10(16)8-12(13)17/h2-8,18H,9H2,1H3. The van der Waals surface area contributed by atoms with Gasteiger partial charge in [-0.15, -0.1) is 0 Å². The summed E-state index contributed by atoms with van der Waals surface area (Å²) in [4.78, 5) is 0. The minimum Gasteiger partial charge on any atom is -0.378 e. The van der Waals surface area contributed by atoms with E-state index < -0.39 is 0 Å². The largest absolute Gasteiger partial charge is 0.378 e. The Labute approximate surface area is 130 Å². The van der Waals surface area contributed by atoms with Crippen LogP contribution in [0.1, 0.15) is 5.69 Å². The number of aromatic nitrogens is 2. The van der Waals surface area contributed by atoms with Crippen molar-refractivity contribution in [3.8, 4) is 0 Å². The Morgan fingerprint density at radius 2 is 2.05 bits per heavy atom. The zero-order chi connectivity index (χ0) is 14.1. The fraction of sp³-hybridized carbons (Fsp3) is 0.133. The van der Waals surface area contributed by atoms with E-state index in [1.807, 2.05) is 42.1 Å². The molecule has 0 unspecified atom stereocenters. The van der Waals surface area contributed by atoms with Gasteiger partial charge in [-0.1, -0.05) is 45.7 Å². The lowest BCUT2D eigenvalue weighted by molar-refractivity contribution is 0.771. The van der Waals surface area contributed by atoms with Crippen LogP contribution in [0.4, 0.5) is 5.69 Å². The van der Waals surface area contributed by atoms with Crippen molar-refractivity contribution < 1.29 is 0 Å². The molecule has 0 spiro atoms. The number of benzene rings is 2. The molecule has 3 nitrogen and oxygen atoms in total. The number of fused-ring (bicyclic) bond motifs is 1. The molecule has 0 aliphatic rings. The number of halogens is 2. The van der Waals surface area contributed by atoms with Crippen LogP contribution in [0.2, 0.25) is 5.02 Å². The Morgan fingerprint density at radius 3 is 2.85 bits per heavy atom. The number of hydrogen-bond donors (Lipinski definition) is 1. The summed E-state index contributed by atoms with van der Waals surface area (Å²) >= 11 is 9.60. The van der Waals surface area contributed by atoms with Crippen molar-refractivity contribution in [1.29, 1.82) is 0 Å². The average Bonchev–Trinajstić information content (AvgIpc) is 2.75. The Kier molecular flexibility index (Phi) is 3.68. The molecule has 102 valence electrons. The first-order valence-electron chi connectivity index (χ1n) is 6.24. The van der Waals surface area contributed by atoms with E-state index in [-0.39, 0.29) is 0 Å². The molecule has 0 saturated carbocycles. The molecule has 5 heteroatoms. The van der Waals surface area contributed by atoms with Crippen molar-refractivity contribution >= 4 is 44.1 Å². The van der Waals surface area contributed by atoms with Gasteiger partial charge in [-0.3, -0.25) is 4.68 Å². The predicted molar refractivity (Wildman–Crippen MR) is 87.2 cm³/mol. The molecule has 3 aromatic rings. The highest BCUT2D eigenvalue weighted by atomic mass is 79.9. The second-order valence-electron chi connectivity index (χ2n) is 4.57. The maximum atomic E-state index is 6.20. The second-order valence-corrected chi connectivity index (χ2v) is 5.89. The molecule has 0 fully saturated rings. The molecule has 0 aliphatic heterocycles. The van der Waals surface area contributed by atoms with Crippen molar-refractivity contribution in [2.24, 2.45) is 7.05 Å². The van der Waals surface area contributed by atoms with Gasteiger partial charge in [-0.25, -0.2) is 0 Å². The van der Waals surface area contributed by atoms with Crippen LogP contribution in [0, 0.1) is 0 Å². The molecule has 3 rings (SSSR count). The van der Waals surface area contributed by atoms with Crippen LogP contribution >= 0.6 is 27.5 Å². The summed E-state index contributed by atoms with van der Waals surface area (Å²) < 4.78 is 2.87. The van der Waals surface area contributed by atoms with Crippen LogP contribution in [-0.4, -0.2) is 9.78 Å². The quantitative estimate of drug-likeness (QED) is 0.748. The van der Waals surface area contributed by atoms with Gasteiger partial charge in [0.15, 0.2) is 0 Å². The van der Waals surface area contributed by atoms with Gasteiger partial charge < -0.3 is 5.32 Å². The van der Waals surface area contributed by atoms with Gasteiger partial charge in [0.05, 0.1) is 28.5 Å². The molecule has 0 amide bonds. The summed E-state index contributed by atoms with van der Waals surface area (Å²) in [5, 5.41) is 9.74. The summed E-state index contributed by atoms with van der Waals surface area (Å²) in [7, 11) is 1.96. The Hall–Kier alpha value is -1.52. The first-order chi connectivity index (χ1) is 9.65. The molecule has 0 saturated heterocycles. The molecule has 1 N–H and O–H groups in total. The molecule has 0 aliphatic carbocycles. The summed E-state index contributed by atoms with van der Waals surface area (Å²) in [6.07, 6.45) is 0. The zero-order valence-electron chi connectivity index (χ0n) is 10.9. The number of hydrogen-bond acceptors (Lipinski definition) is 2. The van der Waals surface area contributed by atoms with E-state index in [0.717, 1.165) is 26.8 Å². The highest BCUT2D eigenvalue weighted by Gasteiger charge is 2.08. The van der Waals surface area contributed by atoms with Gasteiger partial charge in [0.2, 0.25) is 0 Å². The molecular weight excluding hydrogens is 338 g/mol. The van der Waals surface area contributed by atoms with Crippen molar-refractivity contribution in [3.63, 3.8) is 0 Å². The first-order valence-corrected chi connectivity index (χ1v) is 7.42. The second kappa shape index (κ2) is 5.46. The van der Waals surface area contributed by atoms with Crippen LogP contribution in [0.25, 0.3) is 10.9 Å². The summed E-state index contributed by atoms with van der Waals surface area (Å²) in [5.41, 5.74) is 3.05. The highest BCUT2D eigenvalue weighted by Crippen LogP contribution is 2.26. The molecule has 2 aromatic carbocycles. The number of rotatable bonds is 3. The van der Waals surface area contributed by atoms with E-state index in [1.165, 1.54) is 0 Å². The zero-order valence-corrected chi connectivity index (χ0v) is 13.2. The monoisotopic (exact) mass is 349 g/mol. The van der Waals surface area contributed by atoms with Crippen LogP contribution < -0.4 is 5.32 Å². The molecule has 1 heterocycles. The normalized spacial score (nSPS) is 10.9. The Balaban J connectivity index is 1.87. The molecular formula is C15H13BrClN3. The lowest BCUT2D eigenvalue weighted by atomic mass is 10.2. The van der Waals surface area contributed by atoms with Crippen molar-refractivity contribution in [2.75, 3.05) is 5.32 Å². The van der Waals surface area contributed by atoms with E-state index in [0.29, 0.717) is 11.6 Å². The third-order valence-corrected chi connectivity index (χ3v) is 4.02. The number of anilines is 1. The molecule has 20 heavy (non-hydrogen) atoms. The van der Waals surface area contributed by atoms with Crippen molar-refractivity contribution in [3.05, 3.63) is 57.7 Å². The Morgan fingerprint density at radius 1 is 1.25 bits per heavy atom. The SMILES string of the molecule is Cn1nc(CNc2ccc(Br)cc2Cl)c2ccccc21. The molecule has 0 bridgehead atoms. The number of aryl methyl sites for hydroxylation is 1. The predicted octanol–water partition coefficient (Wildman–Crippen LogP) is 4.60. The Bertz CT molecular complexity index is 767. The molecule has 0 atom stereocenters. The maximum absolute atomic E-state index is 6.20. The van der Waals surface area contributed by atoms with E-state index in [1.54, 1.807) is 0 Å². The van der Waals surface area contributed by atoms with Crippen LogP contribution in [0.5, 0.6) is 0 Å². The molecule has 1 aromatic heterocycles. The van der Waals surface area contributed by atoms with Gasteiger partial charge >= 0.3 is 0 Å². The maximum Gasteiger partial charge on any atom is 0.0894 e. The van der Waals surface area contributed by atoms with Crippen LogP contribution in [-0.2, 0) is 13.6 Å². The minimum absolute atomic E-state index is 0.642. The number of nitrogens with one attached hydrogen (secondary N) is 1. The summed E-state index contributed by atoms with van der Waals surface area (Å²) in [6.45, 7) is 0.642. The van der Waals surface area contributed by atoms with Gasteiger partial charge in [-0.05, 0) is 24.3 Å².